The first-order valence-corrected chi connectivity index (χ1v) is 11.8. The molecule has 1 unspecified atom stereocenters. The number of hydrogen-bond acceptors (Lipinski definition) is 3. The Morgan fingerprint density at radius 3 is 2.70 bits per heavy atom. The molecule has 0 bridgehead atoms. The SMILES string of the molecule is C[C@H]1CCC[N+]1(c1ccc(N2CCCC3(CCOCC3)C2=O)c(F)c1)[C@H]1CCNC1. The lowest BCUT2D eigenvalue weighted by atomic mass is 9.73. The fourth-order valence-corrected chi connectivity index (χ4v) is 6.77. The maximum absolute atomic E-state index is 15.6. The molecule has 4 saturated heterocycles. The summed E-state index contributed by atoms with van der Waals surface area (Å²) in [4.78, 5) is 15.1. The predicted octanol–water partition coefficient (Wildman–Crippen LogP) is 3.60. The van der Waals surface area contributed by atoms with Gasteiger partial charge in [-0.05, 0) is 38.7 Å². The Morgan fingerprint density at radius 2 is 2.03 bits per heavy atom. The van der Waals surface area contributed by atoms with Crippen LogP contribution in [0.1, 0.15) is 51.9 Å². The van der Waals surface area contributed by atoms with Crippen LogP contribution in [0.4, 0.5) is 15.8 Å². The molecule has 6 heteroatoms. The first-order valence-electron chi connectivity index (χ1n) is 11.8. The van der Waals surface area contributed by atoms with Crippen molar-refractivity contribution in [3.8, 4) is 0 Å². The molecule has 0 aromatic heterocycles. The molecular weight excluding hydrogens is 381 g/mol. The number of halogens is 1. The van der Waals surface area contributed by atoms with Crippen molar-refractivity contribution in [3.05, 3.63) is 24.0 Å². The van der Waals surface area contributed by atoms with Crippen LogP contribution < -0.4 is 14.7 Å². The van der Waals surface area contributed by atoms with Gasteiger partial charge >= 0.3 is 0 Å². The Labute approximate surface area is 179 Å². The minimum Gasteiger partial charge on any atom is -0.381 e. The topological polar surface area (TPSA) is 41.6 Å². The van der Waals surface area contributed by atoms with Crippen LogP contribution in [-0.4, -0.2) is 57.4 Å². The van der Waals surface area contributed by atoms with Crippen molar-refractivity contribution < 1.29 is 13.9 Å². The zero-order chi connectivity index (χ0) is 20.8. The van der Waals surface area contributed by atoms with E-state index in [0.717, 1.165) is 61.9 Å². The Bertz CT molecular complexity index is 798. The fraction of sp³-hybridized carbons (Fsp3) is 0.708. The van der Waals surface area contributed by atoms with E-state index < -0.39 is 0 Å². The summed E-state index contributed by atoms with van der Waals surface area (Å²) in [5.74, 6) is -0.144. The van der Waals surface area contributed by atoms with Gasteiger partial charge in [0.15, 0.2) is 5.82 Å². The maximum atomic E-state index is 15.6. The van der Waals surface area contributed by atoms with Gasteiger partial charge in [0, 0.05) is 64.2 Å². The second kappa shape index (κ2) is 7.88. The van der Waals surface area contributed by atoms with Crippen LogP contribution in [-0.2, 0) is 9.53 Å². The highest BCUT2D eigenvalue weighted by molar-refractivity contribution is 5.98. The number of ether oxygens (including phenoxy) is 1. The van der Waals surface area contributed by atoms with E-state index in [1.807, 2.05) is 6.07 Å². The van der Waals surface area contributed by atoms with Crippen LogP contribution in [0.2, 0.25) is 0 Å². The number of likely N-dealkylation sites (tertiary alicyclic amines) is 1. The Hall–Kier alpha value is -1.50. The van der Waals surface area contributed by atoms with Crippen molar-refractivity contribution in [3.63, 3.8) is 0 Å². The van der Waals surface area contributed by atoms with Crippen LogP contribution >= 0.6 is 0 Å². The zero-order valence-corrected chi connectivity index (χ0v) is 18.2. The van der Waals surface area contributed by atoms with Gasteiger partial charge in [-0.3, -0.25) is 9.28 Å². The number of rotatable bonds is 3. The molecule has 164 valence electrons. The molecule has 5 rings (SSSR count). The number of hydrogen-bond donors (Lipinski definition) is 1. The highest BCUT2D eigenvalue weighted by atomic mass is 19.1. The molecule has 0 saturated carbocycles. The summed E-state index contributed by atoms with van der Waals surface area (Å²) < 4.78 is 21.9. The summed E-state index contributed by atoms with van der Waals surface area (Å²) >= 11 is 0. The smallest absolute Gasteiger partial charge is 0.233 e. The predicted molar refractivity (Wildman–Crippen MR) is 117 cm³/mol. The maximum Gasteiger partial charge on any atom is 0.233 e. The van der Waals surface area contributed by atoms with Gasteiger partial charge in [-0.1, -0.05) is 0 Å². The third kappa shape index (κ3) is 3.10. The highest BCUT2D eigenvalue weighted by Crippen LogP contribution is 2.44. The average Bonchev–Trinajstić information content (AvgIpc) is 3.42. The number of quaternary nitrogens is 1. The number of benzene rings is 1. The number of amides is 1. The molecule has 1 aromatic carbocycles. The van der Waals surface area contributed by atoms with Crippen molar-refractivity contribution in [2.24, 2.45) is 5.41 Å². The molecule has 1 N–H and O–H groups in total. The van der Waals surface area contributed by atoms with Crippen LogP contribution in [0.3, 0.4) is 0 Å². The normalized spacial score (nSPS) is 34.1. The second-order valence-electron chi connectivity index (χ2n) is 9.88. The zero-order valence-electron chi connectivity index (χ0n) is 18.2. The number of carbonyl (C=O) groups excluding carboxylic acids is 1. The molecule has 4 fully saturated rings. The van der Waals surface area contributed by atoms with Crippen LogP contribution in [0.15, 0.2) is 18.2 Å². The molecule has 3 atom stereocenters. The first kappa shape index (κ1) is 20.4. The minimum absolute atomic E-state index is 0.0992. The van der Waals surface area contributed by atoms with Gasteiger partial charge in [-0.25, -0.2) is 4.39 Å². The molecule has 0 aliphatic carbocycles. The van der Waals surface area contributed by atoms with Gasteiger partial charge in [-0.2, -0.15) is 0 Å². The first-order chi connectivity index (χ1) is 14.6. The van der Waals surface area contributed by atoms with Crippen LogP contribution in [0.25, 0.3) is 0 Å². The Balaban J connectivity index is 1.46. The van der Waals surface area contributed by atoms with Gasteiger partial charge < -0.3 is 15.0 Å². The standard InChI is InChI=1S/C24H35FN3O2/c1-18-4-2-13-28(18,20-7-11-26-17-20)19-5-6-22(21(25)16-19)27-12-3-8-24(23(27)29)9-14-30-15-10-24/h5-6,16,18,20,26H,2-4,7-15,17H2,1H3/q+1/t18-,20-,28?/m0/s1. The average molecular weight is 417 g/mol. The van der Waals surface area contributed by atoms with Crippen LogP contribution in [0.5, 0.6) is 0 Å². The van der Waals surface area contributed by atoms with Gasteiger partial charge in [0.1, 0.15) is 11.7 Å². The quantitative estimate of drug-likeness (QED) is 0.766. The lowest BCUT2D eigenvalue weighted by molar-refractivity contribution is -0.136. The third-order valence-corrected chi connectivity index (χ3v) is 8.51. The van der Waals surface area contributed by atoms with E-state index in [4.69, 9.17) is 4.74 Å². The van der Waals surface area contributed by atoms with E-state index in [1.165, 1.54) is 12.8 Å². The number of anilines is 1. The van der Waals surface area contributed by atoms with E-state index in [1.54, 1.807) is 11.0 Å². The third-order valence-electron chi connectivity index (χ3n) is 8.51. The fourth-order valence-electron chi connectivity index (χ4n) is 6.77. The highest BCUT2D eigenvalue weighted by Gasteiger charge is 2.49. The van der Waals surface area contributed by atoms with Crippen molar-refractivity contribution in [2.45, 2.75) is 64.0 Å². The van der Waals surface area contributed by atoms with Crippen molar-refractivity contribution in [2.75, 3.05) is 44.3 Å². The molecule has 0 radical (unpaired) electrons. The van der Waals surface area contributed by atoms with E-state index in [-0.39, 0.29) is 17.1 Å². The van der Waals surface area contributed by atoms with Gasteiger partial charge in [0.05, 0.1) is 23.7 Å². The summed E-state index contributed by atoms with van der Waals surface area (Å²) in [7, 11) is 0. The summed E-state index contributed by atoms with van der Waals surface area (Å²) in [6, 6.07) is 6.75. The lowest BCUT2D eigenvalue weighted by Crippen LogP contribution is -2.59. The van der Waals surface area contributed by atoms with Gasteiger partial charge in [0.25, 0.3) is 0 Å². The number of piperidine rings is 1. The van der Waals surface area contributed by atoms with Gasteiger partial charge in [-0.15, -0.1) is 0 Å². The molecule has 1 spiro atoms. The minimum atomic E-state index is -0.353. The summed E-state index contributed by atoms with van der Waals surface area (Å²) in [6.07, 6.45) is 6.87. The number of nitrogens with zero attached hydrogens (tertiary/aromatic N) is 2. The van der Waals surface area contributed by atoms with Crippen molar-refractivity contribution >= 4 is 17.3 Å². The van der Waals surface area contributed by atoms with Crippen LogP contribution in [0, 0.1) is 11.2 Å². The van der Waals surface area contributed by atoms with E-state index in [9.17, 15) is 4.79 Å². The molecule has 5 nitrogen and oxygen atoms in total. The molecule has 4 heterocycles. The van der Waals surface area contributed by atoms with E-state index in [2.05, 4.69) is 18.3 Å². The van der Waals surface area contributed by atoms with Crippen molar-refractivity contribution in [1.82, 2.24) is 9.80 Å². The lowest BCUT2D eigenvalue weighted by Gasteiger charge is -2.45. The van der Waals surface area contributed by atoms with Crippen molar-refractivity contribution in [1.29, 1.82) is 0 Å². The molecule has 1 aromatic rings. The van der Waals surface area contributed by atoms with Gasteiger partial charge in [0.2, 0.25) is 5.91 Å². The molecule has 1 amide bonds. The molecule has 4 aliphatic rings. The number of nitrogens with one attached hydrogen (secondary N) is 1. The van der Waals surface area contributed by atoms with E-state index in [0.29, 0.717) is 37.5 Å². The number of carbonyl (C=O) groups is 1. The molecule has 30 heavy (non-hydrogen) atoms. The summed E-state index contributed by atoms with van der Waals surface area (Å²) in [6.45, 7) is 7.33. The second-order valence-corrected chi connectivity index (χ2v) is 9.88. The summed E-state index contributed by atoms with van der Waals surface area (Å²) in [5.41, 5.74) is 1.19. The molecule has 4 aliphatic heterocycles. The molecular formula is C24H35FN3O2+. The van der Waals surface area contributed by atoms with E-state index >= 15 is 4.39 Å². The summed E-state index contributed by atoms with van der Waals surface area (Å²) in [5, 5.41) is 3.51. The Kier molecular flexibility index (Phi) is 5.36. The monoisotopic (exact) mass is 416 g/mol. The Morgan fingerprint density at radius 1 is 1.20 bits per heavy atom. The largest absolute Gasteiger partial charge is 0.381 e.